The van der Waals surface area contributed by atoms with Crippen LogP contribution in [0.4, 0.5) is 23.2 Å². The second-order valence-electron chi connectivity index (χ2n) is 5.08. The van der Waals surface area contributed by atoms with Gasteiger partial charge in [-0.25, -0.2) is 13.8 Å². The number of anilines is 1. The van der Waals surface area contributed by atoms with Gasteiger partial charge in [0.1, 0.15) is 0 Å². The number of carbonyl (C=O) groups excluding carboxylic acids is 1. The summed E-state index contributed by atoms with van der Waals surface area (Å²) in [6.07, 6.45) is -2.98. The number of nitrogens with one attached hydrogen (secondary N) is 2. The topological polar surface area (TPSA) is 83.5 Å². The Labute approximate surface area is 128 Å². The van der Waals surface area contributed by atoms with Crippen molar-refractivity contribution in [1.82, 2.24) is 10.3 Å². The van der Waals surface area contributed by atoms with Gasteiger partial charge in [0.15, 0.2) is 6.61 Å². The third-order valence-corrected chi connectivity index (χ3v) is 3.16. The van der Waals surface area contributed by atoms with E-state index in [1.807, 2.05) is 0 Å². The Balaban J connectivity index is 1.86. The standard InChI is InChI=1S/C13H15F4N3O3/c14-12(15)13(16,17)6-23-10-2-1-7(4-19-10)20-11(22)9-3-8(21)5-18-9/h1-2,4,8-9,12,18,21H,3,5-6H2,(H,20,22). The van der Waals surface area contributed by atoms with Gasteiger partial charge in [-0.1, -0.05) is 0 Å². The van der Waals surface area contributed by atoms with Gasteiger partial charge in [0, 0.05) is 12.6 Å². The number of rotatable bonds is 6. The van der Waals surface area contributed by atoms with Crippen molar-refractivity contribution in [3.05, 3.63) is 18.3 Å². The number of aliphatic hydroxyl groups is 1. The molecule has 3 N–H and O–H groups in total. The highest BCUT2D eigenvalue weighted by atomic mass is 19.3. The Hall–Kier alpha value is -1.94. The minimum atomic E-state index is -4.26. The molecule has 2 atom stereocenters. The van der Waals surface area contributed by atoms with E-state index in [0.29, 0.717) is 6.54 Å². The average molecular weight is 337 g/mol. The molecule has 2 heterocycles. The molecule has 1 fully saturated rings. The summed E-state index contributed by atoms with van der Waals surface area (Å²) >= 11 is 0. The van der Waals surface area contributed by atoms with Crippen LogP contribution in [0, 0.1) is 0 Å². The zero-order valence-electron chi connectivity index (χ0n) is 11.8. The van der Waals surface area contributed by atoms with Gasteiger partial charge < -0.3 is 20.5 Å². The molecule has 128 valence electrons. The predicted molar refractivity (Wildman–Crippen MR) is 71.7 cm³/mol. The molecule has 2 rings (SSSR count). The second kappa shape index (κ2) is 7.09. The van der Waals surface area contributed by atoms with Gasteiger partial charge >= 0.3 is 12.3 Å². The zero-order chi connectivity index (χ0) is 17.0. The summed E-state index contributed by atoms with van der Waals surface area (Å²) in [4.78, 5) is 15.5. The molecule has 0 aromatic carbocycles. The summed E-state index contributed by atoms with van der Waals surface area (Å²) < 4.78 is 53.9. The van der Waals surface area contributed by atoms with Crippen LogP contribution in [-0.4, -0.2) is 53.6 Å². The molecule has 23 heavy (non-hydrogen) atoms. The third kappa shape index (κ3) is 4.76. The van der Waals surface area contributed by atoms with Gasteiger partial charge in [0.05, 0.1) is 24.0 Å². The van der Waals surface area contributed by atoms with E-state index < -0.39 is 31.1 Å². The van der Waals surface area contributed by atoms with Crippen LogP contribution in [0.15, 0.2) is 18.3 Å². The van der Waals surface area contributed by atoms with Crippen LogP contribution < -0.4 is 15.4 Å². The van der Waals surface area contributed by atoms with Crippen LogP contribution in [0.3, 0.4) is 0 Å². The summed E-state index contributed by atoms with van der Waals surface area (Å²) in [5, 5.41) is 14.7. The highest BCUT2D eigenvalue weighted by molar-refractivity contribution is 5.94. The fourth-order valence-electron chi connectivity index (χ4n) is 1.92. The summed E-state index contributed by atoms with van der Waals surface area (Å²) in [5.74, 6) is -4.90. The summed E-state index contributed by atoms with van der Waals surface area (Å²) in [6, 6.07) is 1.98. The summed E-state index contributed by atoms with van der Waals surface area (Å²) in [7, 11) is 0. The lowest BCUT2D eigenvalue weighted by Crippen LogP contribution is -2.35. The molecular weight excluding hydrogens is 322 g/mol. The number of halogens is 4. The van der Waals surface area contributed by atoms with E-state index in [1.165, 1.54) is 12.1 Å². The van der Waals surface area contributed by atoms with E-state index in [2.05, 4.69) is 20.4 Å². The second-order valence-corrected chi connectivity index (χ2v) is 5.08. The van der Waals surface area contributed by atoms with Crippen molar-refractivity contribution in [2.45, 2.75) is 30.9 Å². The maximum atomic E-state index is 12.7. The predicted octanol–water partition coefficient (Wildman–Crippen LogP) is 1.02. The Morgan fingerprint density at radius 1 is 1.52 bits per heavy atom. The minimum absolute atomic E-state index is 0.266. The van der Waals surface area contributed by atoms with Crippen molar-refractivity contribution in [3.63, 3.8) is 0 Å². The van der Waals surface area contributed by atoms with Crippen LogP contribution in [0.5, 0.6) is 5.88 Å². The number of pyridine rings is 1. The van der Waals surface area contributed by atoms with Crippen molar-refractivity contribution < 1.29 is 32.2 Å². The van der Waals surface area contributed by atoms with Crippen molar-refractivity contribution in [2.75, 3.05) is 18.5 Å². The van der Waals surface area contributed by atoms with E-state index in [9.17, 15) is 27.5 Å². The van der Waals surface area contributed by atoms with Crippen molar-refractivity contribution in [3.8, 4) is 5.88 Å². The number of nitrogens with zero attached hydrogens (tertiary/aromatic N) is 1. The number of hydrogen-bond donors (Lipinski definition) is 3. The van der Waals surface area contributed by atoms with Crippen LogP contribution in [0.25, 0.3) is 0 Å². The Kier molecular flexibility index (Phi) is 5.37. The molecule has 6 nitrogen and oxygen atoms in total. The number of alkyl halides is 4. The molecule has 0 aliphatic carbocycles. The first kappa shape index (κ1) is 17.4. The number of aromatic nitrogens is 1. The summed E-state index contributed by atoms with van der Waals surface area (Å²) in [6.45, 7) is -1.17. The largest absolute Gasteiger partial charge is 0.471 e. The highest BCUT2D eigenvalue weighted by Gasteiger charge is 2.41. The molecule has 1 amide bonds. The number of β-amino-alcohol motifs (C(OH)–C–C–N with tert-alkyl or cyclic N) is 1. The van der Waals surface area contributed by atoms with Gasteiger partial charge in [0.25, 0.3) is 0 Å². The highest BCUT2D eigenvalue weighted by Crippen LogP contribution is 2.24. The fourth-order valence-corrected chi connectivity index (χ4v) is 1.92. The van der Waals surface area contributed by atoms with Crippen molar-refractivity contribution >= 4 is 11.6 Å². The third-order valence-electron chi connectivity index (χ3n) is 3.16. The molecule has 0 bridgehead atoms. The molecule has 10 heteroatoms. The van der Waals surface area contributed by atoms with Crippen LogP contribution in [0.1, 0.15) is 6.42 Å². The number of amides is 1. The quantitative estimate of drug-likeness (QED) is 0.675. The molecule has 1 aromatic rings. The first-order valence-electron chi connectivity index (χ1n) is 6.75. The van der Waals surface area contributed by atoms with Crippen molar-refractivity contribution in [1.29, 1.82) is 0 Å². The van der Waals surface area contributed by atoms with E-state index in [4.69, 9.17) is 0 Å². The van der Waals surface area contributed by atoms with Gasteiger partial charge in [-0.15, -0.1) is 0 Å². The lowest BCUT2D eigenvalue weighted by Gasteiger charge is -2.15. The van der Waals surface area contributed by atoms with Crippen molar-refractivity contribution in [2.24, 2.45) is 0 Å². The zero-order valence-corrected chi connectivity index (χ0v) is 11.8. The number of hydrogen-bond acceptors (Lipinski definition) is 5. The SMILES string of the molecule is O=C(Nc1ccc(OCC(F)(F)C(F)F)nc1)C1CC(O)CN1. The molecule has 0 spiro atoms. The molecule has 2 unspecified atom stereocenters. The molecular formula is C13H15F4N3O3. The fraction of sp³-hybridized carbons (Fsp3) is 0.538. The Bertz CT molecular complexity index is 542. The first-order chi connectivity index (χ1) is 10.8. The number of carbonyl (C=O) groups is 1. The molecule has 0 saturated carbocycles. The normalized spacial score (nSPS) is 21.5. The molecule has 0 radical (unpaired) electrons. The monoisotopic (exact) mass is 337 g/mol. The van der Waals surface area contributed by atoms with Crippen LogP contribution >= 0.6 is 0 Å². The van der Waals surface area contributed by atoms with E-state index >= 15 is 0 Å². The lowest BCUT2D eigenvalue weighted by atomic mass is 10.2. The van der Waals surface area contributed by atoms with E-state index in [1.54, 1.807) is 0 Å². The molecule has 1 aliphatic rings. The van der Waals surface area contributed by atoms with E-state index in [-0.39, 0.29) is 23.9 Å². The summed E-state index contributed by atoms with van der Waals surface area (Å²) in [5.41, 5.74) is 0.283. The van der Waals surface area contributed by atoms with Crippen LogP contribution in [0.2, 0.25) is 0 Å². The number of ether oxygens (including phenoxy) is 1. The molecule has 1 aromatic heterocycles. The van der Waals surface area contributed by atoms with Gasteiger partial charge in [-0.2, -0.15) is 8.78 Å². The average Bonchev–Trinajstić information content (AvgIpc) is 2.93. The Morgan fingerprint density at radius 2 is 2.26 bits per heavy atom. The lowest BCUT2D eigenvalue weighted by molar-refractivity contribution is -0.148. The van der Waals surface area contributed by atoms with Gasteiger partial charge in [-0.05, 0) is 12.5 Å². The smallest absolute Gasteiger partial charge is 0.340 e. The Morgan fingerprint density at radius 3 is 2.78 bits per heavy atom. The maximum absolute atomic E-state index is 12.7. The van der Waals surface area contributed by atoms with Gasteiger partial charge in [-0.3, -0.25) is 4.79 Å². The molecule has 1 aliphatic heterocycles. The van der Waals surface area contributed by atoms with Gasteiger partial charge in [0.2, 0.25) is 11.8 Å². The van der Waals surface area contributed by atoms with Crippen LogP contribution in [-0.2, 0) is 4.79 Å². The van der Waals surface area contributed by atoms with E-state index in [0.717, 1.165) is 6.20 Å². The first-order valence-corrected chi connectivity index (χ1v) is 6.75. The number of aliphatic hydroxyl groups excluding tert-OH is 1. The molecule has 1 saturated heterocycles. The minimum Gasteiger partial charge on any atom is -0.471 e. The maximum Gasteiger partial charge on any atom is 0.340 e.